The van der Waals surface area contributed by atoms with E-state index in [2.05, 4.69) is 0 Å². The third-order valence-electron chi connectivity index (χ3n) is 1.72. The number of nitrogens with one attached hydrogen (secondary N) is 1. The zero-order chi connectivity index (χ0) is 9.90. The molecule has 13 heavy (non-hydrogen) atoms. The van der Waals surface area contributed by atoms with Crippen molar-refractivity contribution in [1.29, 1.82) is 0 Å². The Balaban J connectivity index is 3.29. The molecule has 0 saturated heterocycles. The van der Waals surface area contributed by atoms with Gasteiger partial charge in [0.25, 0.3) is 0 Å². The average Bonchev–Trinajstić information content (AvgIpc) is 2.18. The van der Waals surface area contributed by atoms with Crippen LogP contribution in [0.3, 0.4) is 0 Å². The van der Waals surface area contributed by atoms with Crippen molar-refractivity contribution in [3.63, 3.8) is 0 Å². The average molecular weight is 201 g/mol. The normalized spacial score (nSPS) is 11.2. The first-order valence-electron chi connectivity index (χ1n) is 3.83. The summed E-state index contributed by atoms with van der Waals surface area (Å²) >= 11 is 0. The predicted octanol–water partition coefficient (Wildman–Crippen LogP) is 1.28. The molecule has 0 amide bonds. The number of hydrogen-bond acceptors (Lipinski definition) is 4. The highest BCUT2D eigenvalue weighted by molar-refractivity contribution is 7.91. The van der Waals surface area contributed by atoms with Gasteiger partial charge in [0, 0.05) is 0 Å². The molecule has 0 aliphatic heterocycles. The van der Waals surface area contributed by atoms with Gasteiger partial charge in [-0.05, 0) is 12.1 Å². The molecule has 5 heteroatoms. The summed E-state index contributed by atoms with van der Waals surface area (Å²) < 4.78 is 22.9. The number of rotatable bonds is 3. The summed E-state index contributed by atoms with van der Waals surface area (Å²) in [4.78, 5) is 0.125. The molecule has 4 nitrogen and oxygen atoms in total. The largest absolute Gasteiger partial charge is 0.291 e. The van der Waals surface area contributed by atoms with Crippen LogP contribution in [0.1, 0.15) is 6.92 Å². The van der Waals surface area contributed by atoms with Gasteiger partial charge in [0.1, 0.15) is 0 Å². The number of anilines is 1. The molecule has 1 aromatic carbocycles. The van der Waals surface area contributed by atoms with Crippen molar-refractivity contribution in [2.75, 3.05) is 11.2 Å². The van der Waals surface area contributed by atoms with Gasteiger partial charge in [-0.15, -0.1) is 0 Å². The van der Waals surface area contributed by atoms with Gasteiger partial charge in [-0.1, -0.05) is 19.1 Å². The Kier molecular flexibility index (Phi) is 2.90. The Bertz CT molecular complexity index is 386. The van der Waals surface area contributed by atoms with Crippen LogP contribution in [-0.4, -0.2) is 19.4 Å². The van der Waals surface area contributed by atoms with Crippen LogP contribution in [-0.2, 0) is 9.84 Å². The summed E-state index contributed by atoms with van der Waals surface area (Å²) in [6.07, 6.45) is 0. The summed E-state index contributed by atoms with van der Waals surface area (Å²) in [7, 11) is -3.26. The van der Waals surface area contributed by atoms with E-state index in [0.717, 1.165) is 0 Å². The Morgan fingerprint density at radius 2 is 2.00 bits per heavy atom. The van der Waals surface area contributed by atoms with E-state index in [-0.39, 0.29) is 16.3 Å². The van der Waals surface area contributed by atoms with Gasteiger partial charge in [0.05, 0.1) is 16.3 Å². The zero-order valence-electron chi connectivity index (χ0n) is 7.19. The van der Waals surface area contributed by atoms with Crippen LogP contribution in [0.15, 0.2) is 29.2 Å². The lowest BCUT2D eigenvalue weighted by molar-refractivity contribution is 0.387. The second-order valence-corrected chi connectivity index (χ2v) is 4.76. The Morgan fingerprint density at radius 1 is 1.38 bits per heavy atom. The molecule has 0 aliphatic rings. The smallest absolute Gasteiger partial charge is 0.180 e. The molecular weight excluding hydrogens is 190 g/mol. The van der Waals surface area contributed by atoms with Gasteiger partial charge >= 0.3 is 0 Å². The SMILES string of the molecule is CCS(=O)(=O)c1ccccc1NO. The van der Waals surface area contributed by atoms with Gasteiger partial charge in [-0.25, -0.2) is 8.42 Å². The van der Waals surface area contributed by atoms with Gasteiger partial charge in [-0.2, -0.15) is 0 Å². The first-order valence-corrected chi connectivity index (χ1v) is 5.49. The minimum Gasteiger partial charge on any atom is -0.291 e. The van der Waals surface area contributed by atoms with Gasteiger partial charge in [-0.3, -0.25) is 10.7 Å². The van der Waals surface area contributed by atoms with Crippen LogP contribution >= 0.6 is 0 Å². The van der Waals surface area contributed by atoms with Crippen molar-refractivity contribution < 1.29 is 13.6 Å². The predicted molar refractivity (Wildman–Crippen MR) is 49.6 cm³/mol. The standard InChI is InChI=1S/C8H11NO3S/c1-2-13(11,12)8-6-4-3-5-7(8)9-10/h3-6,9-10H,2H2,1H3. The van der Waals surface area contributed by atoms with E-state index in [1.165, 1.54) is 12.1 Å². The van der Waals surface area contributed by atoms with Crippen LogP contribution in [0, 0.1) is 0 Å². The molecule has 1 aromatic rings. The lowest BCUT2D eigenvalue weighted by Gasteiger charge is -2.06. The second-order valence-electron chi connectivity index (χ2n) is 2.51. The molecule has 0 heterocycles. The molecule has 2 N–H and O–H groups in total. The minimum absolute atomic E-state index is 0.0195. The third kappa shape index (κ3) is 1.99. The van der Waals surface area contributed by atoms with E-state index in [9.17, 15) is 8.42 Å². The maximum atomic E-state index is 11.4. The van der Waals surface area contributed by atoms with Gasteiger partial charge < -0.3 is 0 Å². The van der Waals surface area contributed by atoms with Crippen molar-refractivity contribution in [3.8, 4) is 0 Å². The minimum atomic E-state index is -3.26. The maximum Gasteiger partial charge on any atom is 0.180 e. The number of para-hydroxylation sites is 1. The third-order valence-corrected chi connectivity index (χ3v) is 3.51. The topological polar surface area (TPSA) is 66.4 Å². The number of hydrogen-bond donors (Lipinski definition) is 2. The highest BCUT2D eigenvalue weighted by Gasteiger charge is 2.15. The highest BCUT2D eigenvalue weighted by Crippen LogP contribution is 2.20. The highest BCUT2D eigenvalue weighted by atomic mass is 32.2. The van der Waals surface area contributed by atoms with Gasteiger partial charge in [0.15, 0.2) is 9.84 Å². The summed E-state index contributed by atoms with van der Waals surface area (Å²) in [5.41, 5.74) is 2.07. The molecule has 0 saturated carbocycles. The Hall–Kier alpha value is -1.07. The molecule has 0 bridgehead atoms. The molecule has 0 spiro atoms. The van der Waals surface area contributed by atoms with Crippen LogP contribution in [0.5, 0.6) is 0 Å². The van der Waals surface area contributed by atoms with Crippen LogP contribution in [0.25, 0.3) is 0 Å². The second kappa shape index (κ2) is 3.76. The summed E-state index contributed by atoms with van der Waals surface area (Å²) in [5.74, 6) is 0.0195. The van der Waals surface area contributed by atoms with E-state index in [1.54, 1.807) is 19.1 Å². The lowest BCUT2D eigenvalue weighted by Crippen LogP contribution is -2.06. The van der Waals surface area contributed by atoms with Gasteiger partial charge in [0.2, 0.25) is 0 Å². The Morgan fingerprint density at radius 3 is 2.54 bits per heavy atom. The Labute approximate surface area is 77.1 Å². The number of benzene rings is 1. The van der Waals surface area contributed by atoms with E-state index in [1.807, 2.05) is 5.48 Å². The molecule has 0 atom stereocenters. The molecular formula is C8H11NO3S. The molecule has 0 aromatic heterocycles. The van der Waals surface area contributed by atoms with Crippen molar-refractivity contribution >= 4 is 15.5 Å². The van der Waals surface area contributed by atoms with Crippen LogP contribution in [0.4, 0.5) is 5.69 Å². The van der Waals surface area contributed by atoms with Crippen molar-refractivity contribution in [2.45, 2.75) is 11.8 Å². The van der Waals surface area contributed by atoms with Crippen molar-refractivity contribution in [1.82, 2.24) is 0 Å². The molecule has 0 aliphatic carbocycles. The fourth-order valence-corrected chi connectivity index (χ4v) is 2.03. The van der Waals surface area contributed by atoms with Crippen LogP contribution < -0.4 is 5.48 Å². The molecule has 0 fully saturated rings. The summed E-state index contributed by atoms with van der Waals surface area (Å²) in [6, 6.07) is 6.22. The van der Waals surface area contributed by atoms with E-state index >= 15 is 0 Å². The first-order chi connectivity index (χ1) is 6.11. The quantitative estimate of drug-likeness (QED) is 0.723. The molecule has 0 radical (unpaired) electrons. The molecule has 0 unspecified atom stereocenters. The number of sulfone groups is 1. The maximum absolute atomic E-state index is 11.4. The van der Waals surface area contributed by atoms with Crippen LogP contribution in [0.2, 0.25) is 0 Å². The fourth-order valence-electron chi connectivity index (χ4n) is 0.986. The zero-order valence-corrected chi connectivity index (χ0v) is 8.00. The lowest BCUT2D eigenvalue weighted by atomic mass is 10.3. The molecule has 1 rings (SSSR count). The van der Waals surface area contributed by atoms with Crippen molar-refractivity contribution in [3.05, 3.63) is 24.3 Å². The monoisotopic (exact) mass is 201 g/mol. The first kappa shape index (κ1) is 10.0. The van der Waals surface area contributed by atoms with Crippen molar-refractivity contribution in [2.24, 2.45) is 0 Å². The fraction of sp³-hybridized carbons (Fsp3) is 0.250. The van der Waals surface area contributed by atoms with E-state index in [0.29, 0.717) is 0 Å². The van der Waals surface area contributed by atoms with E-state index < -0.39 is 9.84 Å². The summed E-state index contributed by atoms with van der Waals surface area (Å²) in [6.45, 7) is 1.56. The van der Waals surface area contributed by atoms with E-state index in [4.69, 9.17) is 5.21 Å². The summed E-state index contributed by atoms with van der Waals surface area (Å²) in [5, 5.41) is 8.66. The molecule has 72 valence electrons.